The molecule has 27 heavy (non-hydrogen) atoms. The van der Waals surface area contributed by atoms with Crippen molar-refractivity contribution in [2.45, 2.75) is 45.8 Å². The van der Waals surface area contributed by atoms with E-state index in [0.717, 1.165) is 12.5 Å². The molecule has 2 saturated carbocycles. The molecule has 0 unspecified atom stereocenters. The summed E-state index contributed by atoms with van der Waals surface area (Å²) in [5.41, 5.74) is 1.05. The van der Waals surface area contributed by atoms with Crippen molar-refractivity contribution >= 4 is 29.9 Å². The summed E-state index contributed by atoms with van der Waals surface area (Å²) in [6.45, 7) is 0.510. The van der Waals surface area contributed by atoms with Crippen LogP contribution >= 0.6 is 24.0 Å². The van der Waals surface area contributed by atoms with Crippen molar-refractivity contribution in [2.24, 2.45) is 16.3 Å². The van der Waals surface area contributed by atoms with E-state index in [1.807, 2.05) is 0 Å². The van der Waals surface area contributed by atoms with Crippen LogP contribution in [0, 0.1) is 11.3 Å². The number of nitrogens with zero attached hydrogens (tertiary/aromatic N) is 1. The van der Waals surface area contributed by atoms with Crippen molar-refractivity contribution in [2.75, 3.05) is 20.2 Å². The van der Waals surface area contributed by atoms with Gasteiger partial charge in [0.25, 0.3) is 0 Å². The number of hydrogen-bond acceptors (Lipinski definition) is 3. The molecule has 0 atom stereocenters. The van der Waals surface area contributed by atoms with Gasteiger partial charge < -0.3 is 20.1 Å². The van der Waals surface area contributed by atoms with Gasteiger partial charge in [0.05, 0.1) is 6.61 Å². The topological polar surface area (TPSA) is 54.9 Å². The van der Waals surface area contributed by atoms with Crippen molar-refractivity contribution in [3.8, 4) is 11.5 Å². The fraction of sp³-hybridized carbons (Fsp3) is 0.632. The van der Waals surface area contributed by atoms with E-state index in [2.05, 4.69) is 15.6 Å². The molecular weight excluding hydrogens is 467 g/mol. The summed E-state index contributed by atoms with van der Waals surface area (Å²) in [6.07, 6.45) is 5.24. The van der Waals surface area contributed by atoms with Crippen LogP contribution in [0.3, 0.4) is 0 Å². The zero-order valence-electron chi connectivity index (χ0n) is 15.8. The Labute approximate surface area is 176 Å². The maximum Gasteiger partial charge on any atom is 0.387 e. The molecule has 2 aliphatic carbocycles. The lowest BCUT2D eigenvalue weighted by Gasteiger charge is -2.19. The molecule has 1 aromatic carbocycles. The molecule has 0 aliphatic heterocycles. The maximum absolute atomic E-state index is 12.8. The molecule has 152 valence electrons. The van der Waals surface area contributed by atoms with E-state index < -0.39 is 6.61 Å². The molecule has 0 amide bonds. The van der Waals surface area contributed by atoms with E-state index in [4.69, 9.17) is 9.47 Å². The minimum absolute atomic E-state index is 0. The average Bonchev–Trinajstić information content (AvgIpc) is 3.50. The number of aliphatic imine (C=N–C) groups is 1. The van der Waals surface area contributed by atoms with Crippen molar-refractivity contribution < 1.29 is 18.3 Å². The second kappa shape index (κ2) is 9.75. The molecule has 0 radical (unpaired) electrons. The van der Waals surface area contributed by atoms with Crippen LogP contribution in [0.4, 0.5) is 8.78 Å². The van der Waals surface area contributed by atoms with Gasteiger partial charge in [0.1, 0.15) is 0 Å². The fourth-order valence-electron chi connectivity index (χ4n) is 3.44. The number of ether oxygens (including phenoxy) is 2. The normalized spacial score (nSPS) is 17.9. The second-order valence-electron chi connectivity index (χ2n) is 6.97. The summed E-state index contributed by atoms with van der Waals surface area (Å²) in [6, 6.07) is 5.14. The third-order valence-corrected chi connectivity index (χ3v) is 5.18. The van der Waals surface area contributed by atoms with E-state index in [1.165, 1.54) is 25.7 Å². The molecule has 2 aliphatic rings. The van der Waals surface area contributed by atoms with Crippen LogP contribution in [-0.2, 0) is 6.54 Å². The van der Waals surface area contributed by atoms with Gasteiger partial charge in [-0.15, -0.1) is 24.0 Å². The van der Waals surface area contributed by atoms with Crippen LogP contribution in [0.25, 0.3) is 0 Å². The van der Waals surface area contributed by atoms with Gasteiger partial charge in [0, 0.05) is 25.7 Å². The largest absolute Gasteiger partial charge is 0.490 e. The lowest BCUT2D eigenvalue weighted by molar-refractivity contribution is -0.0520. The highest BCUT2D eigenvalue weighted by atomic mass is 127. The quantitative estimate of drug-likeness (QED) is 0.307. The Balaban J connectivity index is 0.00000261. The van der Waals surface area contributed by atoms with Gasteiger partial charge in [-0.1, -0.05) is 12.1 Å². The van der Waals surface area contributed by atoms with Crippen molar-refractivity contribution in [1.29, 1.82) is 0 Å². The van der Waals surface area contributed by atoms with E-state index in [9.17, 15) is 8.78 Å². The highest BCUT2D eigenvalue weighted by Crippen LogP contribution is 2.60. The SMILES string of the molecule is CCOc1cccc(CNC(=NC)NCC2(C3CC3)CC2)c1OC(F)F.I. The standard InChI is InChI=1S/C19H27F2N3O2.HI/c1-3-25-15-6-4-5-13(16(15)26-17(20)21)11-23-18(22-2)24-12-19(9-10-19)14-7-8-14;/h4-6,14,17H,3,7-12H2,1-2H3,(H2,22,23,24);1H. The summed E-state index contributed by atoms with van der Waals surface area (Å²) >= 11 is 0. The molecular formula is C19H28F2IN3O2. The molecule has 1 aromatic rings. The van der Waals surface area contributed by atoms with Gasteiger partial charge in [0.15, 0.2) is 17.5 Å². The third kappa shape index (κ3) is 5.83. The van der Waals surface area contributed by atoms with Gasteiger partial charge in [-0.3, -0.25) is 4.99 Å². The maximum atomic E-state index is 12.8. The van der Waals surface area contributed by atoms with Crippen molar-refractivity contribution in [1.82, 2.24) is 10.6 Å². The Kier molecular flexibility index (Phi) is 7.93. The predicted molar refractivity (Wildman–Crippen MR) is 112 cm³/mol. The van der Waals surface area contributed by atoms with E-state index in [1.54, 1.807) is 32.2 Å². The summed E-state index contributed by atoms with van der Waals surface area (Å²) in [5.74, 6) is 1.92. The smallest absolute Gasteiger partial charge is 0.387 e. The van der Waals surface area contributed by atoms with Crippen molar-refractivity contribution in [3.05, 3.63) is 23.8 Å². The molecule has 3 rings (SSSR count). The summed E-state index contributed by atoms with van der Waals surface area (Å²) < 4.78 is 35.7. The number of halogens is 3. The van der Waals surface area contributed by atoms with Crippen LogP contribution < -0.4 is 20.1 Å². The number of guanidine groups is 1. The van der Waals surface area contributed by atoms with Crippen LogP contribution in [0.2, 0.25) is 0 Å². The average molecular weight is 495 g/mol. The van der Waals surface area contributed by atoms with Crippen LogP contribution in [-0.4, -0.2) is 32.8 Å². The number of para-hydroxylation sites is 1. The molecule has 0 aromatic heterocycles. The number of hydrogen-bond donors (Lipinski definition) is 2. The van der Waals surface area contributed by atoms with E-state index >= 15 is 0 Å². The Morgan fingerprint density at radius 2 is 2.04 bits per heavy atom. The van der Waals surface area contributed by atoms with Crippen molar-refractivity contribution in [3.63, 3.8) is 0 Å². The minimum atomic E-state index is -2.90. The predicted octanol–water partition coefficient (Wildman–Crippen LogP) is 4.16. The Morgan fingerprint density at radius 3 is 2.59 bits per heavy atom. The monoisotopic (exact) mass is 495 g/mol. The highest BCUT2D eigenvalue weighted by molar-refractivity contribution is 14.0. The van der Waals surface area contributed by atoms with Gasteiger partial charge in [-0.25, -0.2) is 0 Å². The fourth-order valence-corrected chi connectivity index (χ4v) is 3.44. The van der Waals surface area contributed by atoms with E-state index in [0.29, 0.717) is 35.8 Å². The number of rotatable bonds is 9. The Hall–Kier alpha value is -1.32. The van der Waals surface area contributed by atoms with Crippen LogP contribution in [0.15, 0.2) is 23.2 Å². The molecule has 2 N–H and O–H groups in total. The third-order valence-electron chi connectivity index (χ3n) is 5.18. The lowest BCUT2D eigenvalue weighted by Crippen LogP contribution is -2.40. The molecule has 0 bridgehead atoms. The van der Waals surface area contributed by atoms with Crippen LogP contribution in [0.5, 0.6) is 11.5 Å². The molecule has 2 fully saturated rings. The van der Waals surface area contributed by atoms with E-state index in [-0.39, 0.29) is 29.7 Å². The molecule has 8 heteroatoms. The number of benzene rings is 1. The molecule has 5 nitrogen and oxygen atoms in total. The summed E-state index contributed by atoms with van der Waals surface area (Å²) in [5, 5.41) is 6.57. The second-order valence-corrected chi connectivity index (χ2v) is 6.97. The van der Waals surface area contributed by atoms with Crippen LogP contribution in [0.1, 0.15) is 38.2 Å². The molecule has 0 saturated heterocycles. The summed E-state index contributed by atoms with van der Waals surface area (Å²) in [7, 11) is 1.71. The number of nitrogens with one attached hydrogen (secondary N) is 2. The zero-order valence-corrected chi connectivity index (χ0v) is 18.1. The lowest BCUT2D eigenvalue weighted by atomic mass is 10.0. The van der Waals surface area contributed by atoms with Gasteiger partial charge in [-0.05, 0) is 50.0 Å². The van der Waals surface area contributed by atoms with Gasteiger partial charge in [0.2, 0.25) is 0 Å². The Bertz CT molecular complexity index is 650. The van der Waals surface area contributed by atoms with Gasteiger partial charge >= 0.3 is 6.61 Å². The Morgan fingerprint density at radius 1 is 1.30 bits per heavy atom. The first kappa shape index (κ1) is 22.0. The zero-order chi connectivity index (χ0) is 18.6. The minimum Gasteiger partial charge on any atom is -0.490 e. The first-order valence-corrected chi connectivity index (χ1v) is 9.22. The number of alkyl halides is 2. The molecule has 0 spiro atoms. The first-order valence-electron chi connectivity index (χ1n) is 9.22. The summed E-state index contributed by atoms with van der Waals surface area (Å²) in [4.78, 5) is 4.24. The first-order chi connectivity index (χ1) is 12.6. The highest BCUT2D eigenvalue weighted by Gasteiger charge is 2.53. The van der Waals surface area contributed by atoms with Gasteiger partial charge in [-0.2, -0.15) is 8.78 Å². The molecule has 0 heterocycles.